The van der Waals surface area contributed by atoms with E-state index in [1.54, 1.807) is 0 Å². The van der Waals surface area contributed by atoms with Crippen LogP contribution in [0.4, 0.5) is 10.1 Å². The van der Waals surface area contributed by atoms with Gasteiger partial charge in [0.25, 0.3) is 11.7 Å². The average molecular weight is 355 g/mol. The lowest BCUT2D eigenvalue weighted by molar-refractivity contribution is -0.114. The van der Waals surface area contributed by atoms with Crippen LogP contribution in [-0.2, 0) is 11.3 Å². The van der Waals surface area contributed by atoms with Crippen LogP contribution in [0.25, 0.3) is 0 Å². The molecule has 1 amide bonds. The molecule has 2 heterocycles. The van der Waals surface area contributed by atoms with Gasteiger partial charge in [-0.1, -0.05) is 0 Å². The van der Waals surface area contributed by atoms with Crippen LogP contribution in [-0.4, -0.2) is 16.7 Å². The number of anilines is 1. The van der Waals surface area contributed by atoms with Crippen molar-refractivity contribution in [3.63, 3.8) is 0 Å². The molecule has 4 nitrogen and oxygen atoms in total. The van der Waals surface area contributed by atoms with E-state index in [1.807, 2.05) is 12.3 Å². The molecule has 102 valence electrons. The number of carbonyl (C=O) groups excluding carboxylic acids is 2. The molecule has 0 saturated carbocycles. The fraction of sp³-hybridized carbons (Fsp3) is 0.154. The van der Waals surface area contributed by atoms with Crippen LogP contribution >= 0.6 is 27.3 Å². The zero-order valence-electron chi connectivity index (χ0n) is 10.3. The number of aryl methyl sites for hydroxylation is 1. The van der Waals surface area contributed by atoms with E-state index in [0.29, 0.717) is 10.7 Å². The van der Waals surface area contributed by atoms with Crippen molar-refractivity contribution in [1.29, 1.82) is 0 Å². The topological polar surface area (TPSA) is 50.3 Å². The van der Waals surface area contributed by atoms with E-state index in [4.69, 9.17) is 0 Å². The van der Waals surface area contributed by atoms with E-state index in [1.165, 1.54) is 28.4 Å². The van der Waals surface area contributed by atoms with Crippen LogP contribution in [0.1, 0.15) is 21.1 Å². The molecule has 7 heteroatoms. The van der Waals surface area contributed by atoms with Crippen LogP contribution in [0.15, 0.2) is 22.0 Å². The first-order chi connectivity index (χ1) is 9.47. The highest BCUT2D eigenvalue weighted by Gasteiger charge is 2.37. The second kappa shape index (κ2) is 4.75. The first-order valence-electron chi connectivity index (χ1n) is 5.73. The van der Waals surface area contributed by atoms with Crippen LogP contribution in [0.3, 0.4) is 0 Å². The minimum absolute atomic E-state index is 0.171. The SMILES string of the molecule is Cc1csc(CN2C(=O)C(=O)c3cc(Br)c(F)cc32)n1. The molecule has 1 aromatic carbocycles. The molecule has 0 spiro atoms. The molecular formula is C13H8BrFN2O2S. The molecule has 2 aromatic rings. The molecule has 1 aliphatic rings. The quantitative estimate of drug-likeness (QED) is 0.778. The molecule has 3 rings (SSSR count). The second-order valence-electron chi connectivity index (χ2n) is 4.39. The minimum Gasteiger partial charge on any atom is -0.298 e. The Morgan fingerprint density at radius 3 is 2.80 bits per heavy atom. The molecule has 0 radical (unpaired) electrons. The molecule has 0 atom stereocenters. The number of aromatic nitrogens is 1. The van der Waals surface area contributed by atoms with E-state index in [9.17, 15) is 14.0 Å². The van der Waals surface area contributed by atoms with Crippen LogP contribution in [0.2, 0.25) is 0 Å². The third-order valence-electron chi connectivity index (χ3n) is 2.97. The lowest BCUT2D eigenvalue weighted by Crippen LogP contribution is -2.29. The van der Waals surface area contributed by atoms with Gasteiger partial charge in [0.2, 0.25) is 0 Å². The minimum atomic E-state index is -0.648. The Balaban J connectivity index is 2.03. The highest BCUT2D eigenvalue weighted by atomic mass is 79.9. The number of Topliss-reactive ketones (excluding diaryl/α,β-unsaturated/α-hetero) is 1. The van der Waals surface area contributed by atoms with Crippen molar-refractivity contribution in [2.45, 2.75) is 13.5 Å². The lowest BCUT2D eigenvalue weighted by Gasteiger charge is -2.14. The number of rotatable bonds is 2. The van der Waals surface area contributed by atoms with Gasteiger partial charge in [0.15, 0.2) is 0 Å². The number of benzene rings is 1. The molecule has 0 aliphatic carbocycles. The molecule has 1 aliphatic heterocycles. The summed E-state index contributed by atoms with van der Waals surface area (Å²) in [6.45, 7) is 2.03. The lowest BCUT2D eigenvalue weighted by atomic mass is 10.1. The molecule has 0 unspecified atom stereocenters. The maximum absolute atomic E-state index is 13.6. The molecule has 0 saturated heterocycles. The Hall–Kier alpha value is -1.60. The molecule has 0 N–H and O–H groups in total. The number of nitrogens with zero attached hydrogens (tertiary/aromatic N) is 2. The summed E-state index contributed by atoms with van der Waals surface area (Å²) in [4.78, 5) is 29.5. The van der Waals surface area contributed by atoms with Gasteiger partial charge in [-0.3, -0.25) is 14.5 Å². The van der Waals surface area contributed by atoms with Gasteiger partial charge in [0, 0.05) is 11.1 Å². The fourth-order valence-electron chi connectivity index (χ4n) is 2.06. The molecule has 0 bridgehead atoms. The maximum Gasteiger partial charge on any atom is 0.299 e. The zero-order valence-corrected chi connectivity index (χ0v) is 12.7. The predicted molar refractivity (Wildman–Crippen MR) is 76.5 cm³/mol. The Kier molecular flexibility index (Phi) is 3.18. The van der Waals surface area contributed by atoms with Gasteiger partial charge in [0.1, 0.15) is 10.8 Å². The van der Waals surface area contributed by atoms with Gasteiger partial charge in [0.05, 0.1) is 22.3 Å². The fourth-order valence-corrected chi connectivity index (χ4v) is 3.16. The van der Waals surface area contributed by atoms with Crippen molar-refractivity contribution in [2.75, 3.05) is 4.90 Å². The number of halogens is 2. The summed E-state index contributed by atoms with van der Waals surface area (Å²) in [5, 5.41) is 2.57. The summed E-state index contributed by atoms with van der Waals surface area (Å²) in [5.74, 6) is -1.77. The number of carbonyl (C=O) groups is 2. The van der Waals surface area contributed by atoms with Crippen molar-refractivity contribution in [2.24, 2.45) is 0 Å². The third-order valence-corrected chi connectivity index (χ3v) is 4.53. The summed E-state index contributed by atoms with van der Waals surface area (Å²) in [6, 6.07) is 2.54. The predicted octanol–water partition coefficient (Wildman–Crippen LogP) is 3.08. The van der Waals surface area contributed by atoms with E-state index in [0.717, 1.165) is 5.69 Å². The van der Waals surface area contributed by atoms with Crippen molar-refractivity contribution in [1.82, 2.24) is 4.98 Å². The van der Waals surface area contributed by atoms with Gasteiger partial charge in [-0.05, 0) is 35.0 Å². The van der Waals surface area contributed by atoms with Crippen LogP contribution < -0.4 is 4.90 Å². The van der Waals surface area contributed by atoms with Gasteiger partial charge in [-0.25, -0.2) is 9.37 Å². The molecule has 0 fully saturated rings. The Bertz CT molecular complexity index is 744. The highest BCUT2D eigenvalue weighted by Crippen LogP contribution is 2.34. The summed E-state index contributed by atoms with van der Waals surface area (Å²) in [7, 11) is 0. The van der Waals surface area contributed by atoms with E-state index in [-0.39, 0.29) is 16.6 Å². The number of hydrogen-bond acceptors (Lipinski definition) is 4. The number of thiazole rings is 1. The highest BCUT2D eigenvalue weighted by molar-refractivity contribution is 9.10. The first-order valence-corrected chi connectivity index (χ1v) is 7.41. The van der Waals surface area contributed by atoms with Gasteiger partial charge >= 0.3 is 0 Å². The van der Waals surface area contributed by atoms with E-state index in [2.05, 4.69) is 20.9 Å². The van der Waals surface area contributed by atoms with Crippen molar-refractivity contribution >= 4 is 44.6 Å². The maximum atomic E-state index is 13.6. The van der Waals surface area contributed by atoms with Crippen molar-refractivity contribution in [3.8, 4) is 0 Å². The summed E-state index contributed by atoms with van der Waals surface area (Å²) < 4.78 is 13.8. The Morgan fingerprint density at radius 2 is 2.15 bits per heavy atom. The second-order valence-corrected chi connectivity index (χ2v) is 6.18. The molecular weight excluding hydrogens is 347 g/mol. The van der Waals surface area contributed by atoms with Crippen molar-refractivity contribution < 1.29 is 14.0 Å². The molecule has 20 heavy (non-hydrogen) atoms. The van der Waals surface area contributed by atoms with Crippen LogP contribution in [0, 0.1) is 12.7 Å². The number of ketones is 1. The van der Waals surface area contributed by atoms with Gasteiger partial charge < -0.3 is 0 Å². The Labute approximate surface area is 126 Å². The largest absolute Gasteiger partial charge is 0.299 e. The monoisotopic (exact) mass is 354 g/mol. The summed E-state index contributed by atoms with van der Waals surface area (Å²) in [5.41, 5.74) is 1.37. The number of amides is 1. The summed E-state index contributed by atoms with van der Waals surface area (Å²) in [6.07, 6.45) is 0. The number of hydrogen-bond donors (Lipinski definition) is 0. The zero-order chi connectivity index (χ0) is 14.4. The van der Waals surface area contributed by atoms with Crippen molar-refractivity contribution in [3.05, 3.63) is 44.1 Å². The standard InChI is InChI=1S/C13H8BrFN2O2S/c1-6-5-20-11(16-6)4-17-10-3-9(15)8(14)2-7(10)12(18)13(17)19/h2-3,5H,4H2,1H3. The van der Waals surface area contributed by atoms with Gasteiger partial charge in [-0.2, -0.15) is 0 Å². The van der Waals surface area contributed by atoms with Crippen LogP contribution in [0.5, 0.6) is 0 Å². The number of fused-ring (bicyclic) bond motifs is 1. The van der Waals surface area contributed by atoms with E-state index >= 15 is 0 Å². The average Bonchev–Trinajstić information content (AvgIpc) is 2.90. The smallest absolute Gasteiger partial charge is 0.298 e. The van der Waals surface area contributed by atoms with E-state index < -0.39 is 17.5 Å². The Morgan fingerprint density at radius 1 is 1.40 bits per heavy atom. The van der Waals surface area contributed by atoms with Gasteiger partial charge in [-0.15, -0.1) is 11.3 Å². The molecule has 1 aromatic heterocycles. The third kappa shape index (κ3) is 2.06. The normalized spacial score (nSPS) is 14.1. The summed E-state index contributed by atoms with van der Waals surface area (Å²) >= 11 is 4.42. The first kappa shape index (κ1) is 13.4.